The second-order valence-corrected chi connectivity index (χ2v) is 7.03. The van der Waals surface area contributed by atoms with E-state index in [0.29, 0.717) is 13.1 Å². The average molecular weight is 296 g/mol. The molecule has 0 saturated carbocycles. The fourth-order valence-electron chi connectivity index (χ4n) is 2.81. The molecule has 1 amide bonds. The summed E-state index contributed by atoms with van der Waals surface area (Å²) in [7, 11) is 0. The van der Waals surface area contributed by atoms with Crippen molar-refractivity contribution in [3.05, 3.63) is 0 Å². The van der Waals surface area contributed by atoms with Crippen molar-refractivity contribution in [2.45, 2.75) is 31.3 Å². The Bertz CT molecular complexity index is 367. The van der Waals surface area contributed by atoms with E-state index in [9.17, 15) is 9.90 Å². The number of carbonyl (C=O) groups excluding carboxylic acids is 1. The molecule has 0 spiro atoms. The molecule has 0 bridgehead atoms. The zero-order valence-corrected chi connectivity index (χ0v) is 12.8. The summed E-state index contributed by atoms with van der Waals surface area (Å²) in [6, 6.07) is 0. The maximum atomic E-state index is 12.2. The molecule has 5 heteroatoms. The Morgan fingerprint density at radius 2 is 2.05 bits per heavy atom. The third-order valence-electron chi connectivity index (χ3n) is 4.29. The Labute approximate surface area is 125 Å². The number of likely N-dealkylation sites (tertiary alicyclic amines) is 1. The van der Waals surface area contributed by atoms with Gasteiger partial charge in [0, 0.05) is 12.5 Å². The minimum Gasteiger partial charge on any atom is -0.388 e. The van der Waals surface area contributed by atoms with E-state index in [1.165, 1.54) is 0 Å². The van der Waals surface area contributed by atoms with Gasteiger partial charge in [0.15, 0.2) is 0 Å². The first-order chi connectivity index (χ1) is 9.63. The van der Waals surface area contributed by atoms with Crippen LogP contribution in [-0.4, -0.2) is 59.2 Å². The van der Waals surface area contributed by atoms with Crippen LogP contribution in [0.15, 0.2) is 0 Å². The Morgan fingerprint density at radius 1 is 1.40 bits per heavy atom. The van der Waals surface area contributed by atoms with E-state index in [2.05, 4.69) is 16.1 Å². The van der Waals surface area contributed by atoms with Crippen molar-refractivity contribution >= 4 is 17.7 Å². The minimum absolute atomic E-state index is 0.0746. The SMILES string of the molecule is C#CCN1CCC(C(=O)NCC2(O)CCSCC2)CC1. The topological polar surface area (TPSA) is 52.6 Å². The first-order valence-corrected chi connectivity index (χ1v) is 8.52. The lowest BCUT2D eigenvalue weighted by Gasteiger charge is -2.33. The van der Waals surface area contributed by atoms with E-state index in [1.807, 2.05) is 11.8 Å². The van der Waals surface area contributed by atoms with Crippen LogP contribution in [0.3, 0.4) is 0 Å². The van der Waals surface area contributed by atoms with Gasteiger partial charge in [-0.3, -0.25) is 9.69 Å². The van der Waals surface area contributed by atoms with Gasteiger partial charge in [0.05, 0.1) is 12.1 Å². The number of piperidine rings is 1. The Balaban J connectivity index is 1.71. The lowest BCUT2D eigenvalue weighted by molar-refractivity contribution is -0.127. The van der Waals surface area contributed by atoms with Gasteiger partial charge in [-0.2, -0.15) is 11.8 Å². The van der Waals surface area contributed by atoms with Gasteiger partial charge in [-0.1, -0.05) is 5.92 Å². The van der Waals surface area contributed by atoms with E-state index in [1.54, 1.807) is 0 Å². The molecule has 0 atom stereocenters. The van der Waals surface area contributed by atoms with Crippen LogP contribution in [0.4, 0.5) is 0 Å². The number of nitrogens with zero attached hydrogens (tertiary/aromatic N) is 1. The van der Waals surface area contributed by atoms with Crippen molar-refractivity contribution in [3.8, 4) is 12.3 Å². The molecule has 2 heterocycles. The molecule has 4 nitrogen and oxygen atoms in total. The molecule has 2 rings (SSSR count). The first kappa shape index (κ1) is 15.7. The van der Waals surface area contributed by atoms with Crippen LogP contribution in [0.25, 0.3) is 0 Å². The van der Waals surface area contributed by atoms with Crippen molar-refractivity contribution in [1.29, 1.82) is 0 Å². The quantitative estimate of drug-likeness (QED) is 0.750. The molecule has 2 N–H and O–H groups in total. The Morgan fingerprint density at radius 3 is 2.65 bits per heavy atom. The second-order valence-electron chi connectivity index (χ2n) is 5.81. The van der Waals surface area contributed by atoms with Crippen LogP contribution >= 0.6 is 11.8 Å². The molecule has 20 heavy (non-hydrogen) atoms. The van der Waals surface area contributed by atoms with E-state index in [0.717, 1.165) is 50.3 Å². The van der Waals surface area contributed by atoms with Crippen molar-refractivity contribution < 1.29 is 9.90 Å². The number of hydrogen-bond donors (Lipinski definition) is 2. The lowest BCUT2D eigenvalue weighted by Crippen LogP contribution is -2.48. The van der Waals surface area contributed by atoms with E-state index >= 15 is 0 Å². The number of aliphatic hydroxyl groups is 1. The van der Waals surface area contributed by atoms with E-state index < -0.39 is 5.60 Å². The average Bonchev–Trinajstić information content (AvgIpc) is 2.47. The number of carbonyl (C=O) groups is 1. The fourth-order valence-corrected chi connectivity index (χ4v) is 4.06. The van der Waals surface area contributed by atoms with E-state index in [-0.39, 0.29) is 11.8 Å². The predicted octanol–water partition coefficient (Wildman–Crippen LogP) is 0.706. The summed E-state index contributed by atoms with van der Waals surface area (Å²) in [5.74, 6) is 4.78. The maximum absolute atomic E-state index is 12.2. The van der Waals surface area contributed by atoms with Gasteiger partial charge >= 0.3 is 0 Å². The number of amides is 1. The zero-order chi connectivity index (χ0) is 14.4. The molecule has 0 unspecified atom stereocenters. The number of thioether (sulfide) groups is 1. The summed E-state index contributed by atoms with van der Waals surface area (Å²) >= 11 is 1.87. The molecular formula is C15H24N2O2S. The van der Waals surface area contributed by atoms with Crippen molar-refractivity contribution in [1.82, 2.24) is 10.2 Å². The molecule has 2 aliphatic heterocycles. The molecule has 2 aliphatic rings. The molecule has 0 aromatic rings. The van der Waals surface area contributed by atoms with Crippen molar-refractivity contribution in [3.63, 3.8) is 0 Å². The minimum atomic E-state index is -0.689. The number of terminal acetylenes is 1. The summed E-state index contributed by atoms with van der Waals surface area (Å²) < 4.78 is 0. The van der Waals surface area contributed by atoms with Gasteiger partial charge in [-0.05, 0) is 50.3 Å². The standard InChI is InChI=1S/C15H24N2O2S/c1-2-7-17-8-3-13(4-9-17)14(18)16-12-15(19)5-10-20-11-6-15/h1,13,19H,3-12H2,(H,16,18). The summed E-state index contributed by atoms with van der Waals surface area (Å²) in [4.78, 5) is 14.4. The Kier molecular flexibility index (Phi) is 5.76. The highest BCUT2D eigenvalue weighted by Gasteiger charge is 2.31. The monoisotopic (exact) mass is 296 g/mol. The summed E-state index contributed by atoms with van der Waals surface area (Å²) in [6.07, 6.45) is 8.58. The maximum Gasteiger partial charge on any atom is 0.223 e. The van der Waals surface area contributed by atoms with Crippen LogP contribution in [0.1, 0.15) is 25.7 Å². The van der Waals surface area contributed by atoms with Gasteiger partial charge in [0.2, 0.25) is 5.91 Å². The highest BCUT2D eigenvalue weighted by atomic mass is 32.2. The van der Waals surface area contributed by atoms with E-state index in [4.69, 9.17) is 6.42 Å². The molecule has 0 radical (unpaired) electrons. The summed E-state index contributed by atoms with van der Waals surface area (Å²) in [5.41, 5.74) is -0.689. The highest BCUT2D eigenvalue weighted by molar-refractivity contribution is 7.99. The third kappa shape index (κ3) is 4.41. The molecule has 0 aromatic carbocycles. The van der Waals surface area contributed by atoms with Crippen LogP contribution in [0.2, 0.25) is 0 Å². The lowest BCUT2D eigenvalue weighted by atomic mass is 9.94. The largest absolute Gasteiger partial charge is 0.388 e. The number of rotatable bonds is 4. The van der Waals surface area contributed by atoms with Gasteiger partial charge in [0.1, 0.15) is 0 Å². The van der Waals surface area contributed by atoms with Crippen LogP contribution < -0.4 is 5.32 Å². The summed E-state index contributed by atoms with van der Waals surface area (Å²) in [5, 5.41) is 13.3. The molecule has 112 valence electrons. The molecular weight excluding hydrogens is 272 g/mol. The summed E-state index contributed by atoms with van der Waals surface area (Å²) in [6.45, 7) is 2.86. The number of nitrogens with one attached hydrogen (secondary N) is 1. The molecule has 0 aliphatic carbocycles. The highest BCUT2D eigenvalue weighted by Crippen LogP contribution is 2.26. The van der Waals surface area contributed by atoms with Gasteiger partial charge in [-0.25, -0.2) is 0 Å². The van der Waals surface area contributed by atoms with Crippen molar-refractivity contribution in [2.75, 3.05) is 37.7 Å². The van der Waals surface area contributed by atoms with Crippen LogP contribution in [0.5, 0.6) is 0 Å². The van der Waals surface area contributed by atoms with Crippen LogP contribution in [0, 0.1) is 18.3 Å². The third-order valence-corrected chi connectivity index (χ3v) is 5.27. The second kappa shape index (κ2) is 7.35. The fraction of sp³-hybridized carbons (Fsp3) is 0.800. The normalized spacial score (nSPS) is 24.0. The zero-order valence-electron chi connectivity index (χ0n) is 11.9. The Hall–Kier alpha value is -0.700. The van der Waals surface area contributed by atoms with Gasteiger partial charge in [0.25, 0.3) is 0 Å². The van der Waals surface area contributed by atoms with Crippen LogP contribution in [-0.2, 0) is 4.79 Å². The smallest absolute Gasteiger partial charge is 0.223 e. The number of hydrogen-bond acceptors (Lipinski definition) is 4. The first-order valence-electron chi connectivity index (χ1n) is 7.37. The van der Waals surface area contributed by atoms with Crippen molar-refractivity contribution in [2.24, 2.45) is 5.92 Å². The molecule has 2 saturated heterocycles. The predicted molar refractivity (Wildman–Crippen MR) is 82.5 cm³/mol. The van der Waals surface area contributed by atoms with Gasteiger partial charge in [-0.15, -0.1) is 6.42 Å². The van der Waals surface area contributed by atoms with Gasteiger partial charge < -0.3 is 10.4 Å². The molecule has 2 fully saturated rings. The molecule has 0 aromatic heterocycles.